The molecule has 7 heteroatoms. The third kappa shape index (κ3) is 3.26. The molecule has 0 saturated heterocycles. The van der Waals surface area contributed by atoms with Gasteiger partial charge in [-0.25, -0.2) is 4.98 Å². The Morgan fingerprint density at radius 1 is 1.28 bits per heavy atom. The normalized spacial score (nSPS) is 14.3. The van der Waals surface area contributed by atoms with Gasteiger partial charge in [-0.1, -0.05) is 12.5 Å². The molecule has 0 aromatic carbocycles. The van der Waals surface area contributed by atoms with Crippen LogP contribution in [0.2, 0.25) is 0 Å². The van der Waals surface area contributed by atoms with Crippen LogP contribution in [0.4, 0.5) is 0 Å². The summed E-state index contributed by atoms with van der Waals surface area (Å²) in [4.78, 5) is 16.8. The van der Waals surface area contributed by atoms with E-state index < -0.39 is 0 Å². The fourth-order valence-electron chi connectivity index (χ4n) is 3.37. The molecular weight excluding hydrogens is 316 g/mol. The number of fused-ring (bicyclic) bond motifs is 2. The third-order valence-corrected chi connectivity index (χ3v) is 4.70. The standard InChI is InChI=1S/C18H22N6O/c1-13-6-5-8-23-12-14(20-18(13)23)10-17(25)19-11-16-22-21-15-7-3-2-4-9-24(15)16/h5-6,8,12H,2-4,7,9-11H2,1H3,(H,19,25). The number of nitrogens with one attached hydrogen (secondary N) is 1. The number of pyridine rings is 1. The number of aryl methyl sites for hydroxylation is 2. The van der Waals surface area contributed by atoms with Gasteiger partial charge in [-0.05, 0) is 31.4 Å². The van der Waals surface area contributed by atoms with Crippen LogP contribution in [0.15, 0.2) is 24.5 Å². The first-order valence-electron chi connectivity index (χ1n) is 8.81. The predicted octanol–water partition coefficient (Wildman–Crippen LogP) is 1.82. The van der Waals surface area contributed by atoms with Crippen LogP contribution < -0.4 is 5.32 Å². The predicted molar refractivity (Wildman–Crippen MR) is 93.1 cm³/mol. The molecule has 130 valence electrons. The second kappa shape index (κ2) is 6.66. The fourth-order valence-corrected chi connectivity index (χ4v) is 3.37. The molecule has 0 aliphatic carbocycles. The highest BCUT2D eigenvalue weighted by atomic mass is 16.1. The summed E-state index contributed by atoms with van der Waals surface area (Å²) < 4.78 is 4.11. The van der Waals surface area contributed by atoms with Crippen molar-refractivity contribution in [2.75, 3.05) is 0 Å². The molecular formula is C18H22N6O. The summed E-state index contributed by atoms with van der Waals surface area (Å²) >= 11 is 0. The smallest absolute Gasteiger partial charge is 0.226 e. The van der Waals surface area contributed by atoms with E-state index in [1.54, 1.807) is 0 Å². The molecule has 0 fully saturated rings. The maximum Gasteiger partial charge on any atom is 0.226 e. The Labute approximate surface area is 146 Å². The highest BCUT2D eigenvalue weighted by Gasteiger charge is 2.15. The molecule has 0 saturated carbocycles. The van der Waals surface area contributed by atoms with E-state index in [1.165, 1.54) is 6.42 Å². The third-order valence-electron chi connectivity index (χ3n) is 4.70. The summed E-state index contributed by atoms with van der Waals surface area (Å²) in [6.45, 7) is 3.38. The average Bonchev–Trinajstić information content (AvgIpc) is 3.10. The lowest BCUT2D eigenvalue weighted by molar-refractivity contribution is -0.120. The van der Waals surface area contributed by atoms with Gasteiger partial charge < -0.3 is 14.3 Å². The van der Waals surface area contributed by atoms with Crippen LogP contribution in [0.5, 0.6) is 0 Å². The Hall–Kier alpha value is -2.70. The van der Waals surface area contributed by atoms with Gasteiger partial charge in [-0.3, -0.25) is 4.79 Å². The van der Waals surface area contributed by atoms with Gasteiger partial charge >= 0.3 is 0 Å². The topological polar surface area (TPSA) is 77.1 Å². The van der Waals surface area contributed by atoms with Gasteiger partial charge in [0.2, 0.25) is 5.91 Å². The molecule has 1 N–H and O–H groups in total. The number of amides is 1. The Morgan fingerprint density at radius 2 is 2.20 bits per heavy atom. The van der Waals surface area contributed by atoms with Crippen molar-refractivity contribution in [2.24, 2.45) is 0 Å². The van der Waals surface area contributed by atoms with Crippen LogP contribution in [-0.2, 0) is 30.7 Å². The van der Waals surface area contributed by atoms with Gasteiger partial charge in [0.15, 0.2) is 5.82 Å². The van der Waals surface area contributed by atoms with Crippen LogP contribution >= 0.6 is 0 Å². The Balaban J connectivity index is 1.41. The number of aromatic nitrogens is 5. The lowest BCUT2D eigenvalue weighted by atomic mass is 10.2. The van der Waals surface area contributed by atoms with E-state index in [2.05, 4.69) is 25.1 Å². The lowest BCUT2D eigenvalue weighted by Gasteiger charge is -2.07. The molecule has 3 aromatic rings. The summed E-state index contributed by atoms with van der Waals surface area (Å²) in [5, 5.41) is 11.5. The molecule has 25 heavy (non-hydrogen) atoms. The summed E-state index contributed by atoms with van der Waals surface area (Å²) in [5.41, 5.74) is 2.76. The molecule has 0 radical (unpaired) electrons. The monoisotopic (exact) mass is 338 g/mol. The first-order valence-corrected chi connectivity index (χ1v) is 8.81. The first kappa shape index (κ1) is 15.8. The minimum atomic E-state index is -0.0490. The molecule has 0 spiro atoms. The van der Waals surface area contributed by atoms with E-state index in [1.807, 2.05) is 35.9 Å². The van der Waals surface area contributed by atoms with Gasteiger partial charge in [-0.15, -0.1) is 10.2 Å². The van der Waals surface area contributed by atoms with Gasteiger partial charge in [0.25, 0.3) is 0 Å². The second-order valence-electron chi connectivity index (χ2n) is 6.60. The summed E-state index contributed by atoms with van der Waals surface area (Å²) in [7, 11) is 0. The van der Waals surface area contributed by atoms with Crippen molar-refractivity contribution in [2.45, 2.75) is 52.1 Å². The zero-order valence-electron chi connectivity index (χ0n) is 14.4. The zero-order valence-corrected chi connectivity index (χ0v) is 14.4. The van der Waals surface area contributed by atoms with Crippen LogP contribution in [-0.4, -0.2) is 30.1 Å². The van der Waals surface area contributed by atoms with Crippen LogP contribution in [0.3, 0.4) is 0 Å². The molecule has 1 aliphatic rings. The number of hydrogen-bond acceptors (Lipinski definition) is 4. The van der Waals surface area contributed by atoms with Crippen molar-refractivity contribution in [1.82, 2.24) is 29.5 Å². The molecule has 1 amide bonds. The number of rotatable bonds is 4. The Kier molecular flexibility index (Phi) is 4.21. The van der Waals surface area contributed by atoms with Crippen molar-refractivity contribution >= 4 is 11.6 Å². The molecule has 0 unspecified atom stereocenters. The number of carbonyl (C=O) groups excluding carboxylic acids is 1. The molecule has 4 rings (SSSR count). The summed E-state index contributed by atoms with van der Waals surface area (Å²) in [5.74, 6) is 1.83. The maximum absolute atomic E-state index is 12.3. The number of hydrogen-bond donors (Lipinski definition) is 1. The summed E-state index contributed by atoms with van der Waals surface area (Å²) in [6, 6.07) is 3.99. The highest BCUT2D eigenvalue weighted by Crippen LogP contribution is 2.14. The SMILES string of the molecule is Cc1cccn2cc(CC(=O)NCc3nnc4n3CCCCC4)nc12. The van der Waals surface area contributed by atoms with E-state index in [0.717, 1.165) is 54.4 Å². The summed E-state index contributed by atoms with van der Waals surface area (Å²) in [6.07, 6.45) is 8.63. The molecule has 0 atom stereocenters. The fraction of sp³-hybridized carbons (Fsp3) is 0.444. The zero-order chi connectivity index (χ0) is 17.2. The lowest BCUT2D eigenvalue weighted by Crippen LogP contribution is -2.26. The Bertz CT molecular complexity index is 910. The maximum atomic E-state index is 12.3. The Morgan fingerprint density at radius 3 is 3.08 bits per heavy atom. The van der Waals surface area contributed by atoms with Crippen molar-refractivity contribution in [3.63, 3.8) is 0 Å². The van der Waals surface area contributed by atoms with Crippen LogP contribution in [0.25, 0.3) is 5.65 Å². The van der Waals surface area contributed by atoms with Crippen LogP contribution in [0.1, 0.15) is 42.2 Å². The van der Waals surface area contributed by atoms with Gasteiger partial charge in [-0.2, -0.15) is 0 Å². The minimum Gasteiger partial charge on any atom is -0.348 e. The van der Waals surface area contributed by atoms with E-state index in [0.29, 0.717) is 6.54 Å². The number of imidazole rings is 1. The van der Waals surface area contributed by atoms with Crippen molar-refractivity contribution in [3.05, 3.63) is 47.4 Å². The van der Waals surface area contributed by atoms with Crippen LogP contribution in [0, 0.1) is 6.92 Å². The van der Waals surface area contributed by atoms with E-state index in [4.69, 9.17) is 0 Å². The quantitative estimate of drug-likeness (QED) is 0.787. The van der Waals surface area contributed by atoms with Gasteiger partial charge in [0.05, 0.1) is 18.7 Å². The number of nitrogens with zero attached hydrogens (tertiary/aromatic N) is 5. The second-order valence-corrected chi connectivity index (χ2v) is 6.60. The van der Waals surface area contributed by atoms with Crippen molar-refractivity contribution in [3.8, 4) is 0 Å². The van der Waals surface area contributed by atoms with Gasteiger partial charge in [0, 0.05) is 25.4 Å². The molecule has 0 bridgehead atoms. The highest BCUT2D eigenvalue weighted by molar-refractivity contribution is 5.78. The van der Waals surface area contributed by atoms with E-state index in [-0.39, 0.29) is 12.3 Å². The molecule has 7 nitrogen and oxygen atoms in total. The van der Waals surface area contributed by atoms with E-state index in [9.17, 15) is 4.79 Å². The average molecular weight is 338 g/mol. The van der Waals surface area contributed by atoms with Crippen molar-refractivity contribution < 1.29 is 4.79 Å². The van der Waals surface area contributed by atoms with Gasteiger partial charge in [0.1, 0.15) is 11.5 Å². The molecule has 4 heterocycles. The van der Waals surface area contributed by atoms with E-state index >= 15 is 0 Å². The molecule has 3 aromatic heterocycles. The molecule has 1 aliphatic heterocycles. The number of carbonyl (C=O) groups is 1. The minimum absolute atomic E-state index is 0.0490. The largest absolute Gasteiger partial charge is 0.348 e. The first-order chi connectivity index (χ1) is 12.2. The van der Waals surface area contributed by atoms with Crippen molar-refractivity contribution in [1.29, 1.82) is 0 Å².